The molecular formula is C12H16N4O2. The Kier molecular flexibility index (Phi) is 3.76. The van der Waals surface area contributed by atoms with E-state index >= 15 is 0 Å². The van der Waals surface area contributed by atoms with E-state index in [9.17, 15) is 4.79 Å². The summed E-state index contributed by atoms with van der Waals surface area (Å²) in [6.07, 6.45) is 3.00. The molecule has 6 heteroatoms. The third-order valence-electron chi connectivity index (χ3n) is 3.03. The highest BCUT2D eigenvalue weighted by Crippen LogP contribution is 2.13. The molecule has 1 aromatic heterocycles. The summed E-state index contributed by atoms with van der Waals surface area (Å²) in [4.78, 5) is 19.5. The number of rotatable bonds is 2. The molecule has 0 saturated carbocycles. The lowest BCUT2D eigenvalue weighted by Crippen LogP contribution is -2.48. The van der Waals surface area contributed by atoms with Crippen LogP contribution in [0.1, 0.15) is 12.5 Å². The number of pyridine rings is 1. The Labute approximate surface area is 106 Å². The number of carbonyl (C=O) groups excluding carboxylic acids is 1. The van der Waals surface area contributed by atoms with Gasteiger partial charge in [0.1, 0.15) is 5.82 Å². The van der Waals surface area contributed by atoms with Crippen LogP contribution in [0.4, 0.5) is 5.82 Å². The Hall–Kier alpha value is -2.11. The van der Waals surface area contributed by atoms with Crippen molar-refractivity contribution < 1.29 is 10.0 Å². The van der Waals surface area contributed by atoms with Crippen molar-refractivity contribution in [1.82, 2.24) is 9.88 Å². The Bertz CT molecular complexity index is 436. The van der Waals surface area contributed by atoms with Crippen LogP contribution in [-0.2, 0) is 4.79 Å². The Morgan fingerprint density at radius 2 is 2.11 bits per heavy atom. The van der Waals surface area contributed by atoms with Crippen LogP contribution in [0.15, 0.2) is 23.5 Å². The Balaban J connectivity index is 1.99. The monoisotopic (exact) mass is 248 g/mol. The van der Waals surface area contributed by atoms with E-state index in [0.717, 1.165) is 37.6 Å². The van der Waals surface area contributed by atoms with E-state index in [-0.39, 0.29) is 5.91 Å². The second kappa shape index (κ2) is 5.48. The number of hydrogen-bond donors (Lipinski definition) is 1. The molecule has 0 aliphatic carbocycles. The first-order chi connectivity index (χ1) is 8.70. The standard InChI is InChI=1S/C12H16N4O2/c1-10(17)15-4-6-16(7-5-15)12-3-2-11(8-13-12)9-14-18/h2-3,8-9,18H,4-7H2,1H3/b14-9-. The van der Waals surface area contributed by atoms with E-state index < -0.39 is 0 Å². The number of hydrogen-bond acceptors (Lipinski definition) is 5. The molecule has 1 aliphatic rings. The minimum atomic E-state index is 0.122. The number of amides is 1. The van der Waals surface area contributed by atoms with E-state index in [0.29, 0.717) is 0 Å². The normalized spacial score (nSPS) is 16.3. The highest BCUT2D eigenvalue weighted by atomic mass is 16.4. The Morgan fingerprint density at radius 1 is 1.39 bits per heavy atom. The minimum Gasteiger partial charge on any atom is -0.411 e. The molecule has 1 aromatic rings. The highest BCUT2D eigenvalue weighted by Gasteiger charge is 2.19. The second-order valence-electron chi connectivity index (χ2n) is 4.19. The van der Waals surface area contributed by atoms with Gasteiger partial charge in [0, 0.05) is 44.9 Å². The lowest BCUT2D eigenvalue weighted by Gasteiger charge is -2.34. The Morgan fingerprint density at radius 3 is 2.61 bits per heavy atom. The molecule has 2 rings (SSSR count). The molecule has 1 saturated heterocycles. The zero-order valence-electron chi connectivity index (χ0n) is 10.3. The maximum atomic E-state index is 11.2. The number of oxime groups is 1. The van der Waals surface area contributed by atoms with Gasteiger partial charge in [0.05, 0.1) is 6.21 Å². The summed E-state index contributed by atoms with van der Waals surface area (Å²) in [5.74, 6) is 1.01. The summed E-state index contributed by atoms with van der Waals surface area (Å²) in [6, 6.07) is 3.74. The van der Waals surface area contributed by atoms with Crippen LogP contribution in [0.3, 0.4) is 0 Å². The van der Waals surface area contributed by atoms with Gasteiger partial charge in [0.15, 0.2) is 0 Å². The van der Waals surface area contributed by atoms with Crippen molar-refractivity contribution in [2.24, 2.45) is 5.16 Å². The second-order valence-corrected chi connectivity index (χ2v) is 4.19. The molecule has 0 unspecified atom stereocenters. The number of carbonyl (C=O) groups is 1. The van der Waals surface area contributed by atoms with Gasteiger partial charge in [-0.25, -0.2) is 4.98 Å². The first kappa shape index (κ1) is 12.3. The van der Waals surface area contributed by atoms with Gasteiger partial charge in [-0.3, -0.25) is 4.79 Å². The van der Waals surface area contributed by atoms with Crippen LogP contribution < -0.4 is 4.90 Å². The summed E-state index contributed by atoms with van der Waals surface area (Å²) >= 11 is 0. The van der Waals surface area contributed by atoms with E-state index in [1.165, 1.54) is 6.21 Å². The fourth-order valence-corrected chi connectivity index (χ4v) is 1.98. The van der Waals surface area contributed by atoms with Crippen LogP contribution in [0.5, 0.6) is 0 Å². The third-order valence-corrected chi connectivity index (χ3v) is 3.03. The first-order valence-electron chi connectivity index (χ1n) is 5.84. The van der Waals surface area contributed by atoms with E-state index in [4.69, 9.17) is 5.21 Å². The molecule has 1 N–H and O–H groups in total. The van der Waals surface area contributed by atoms with Gasteiger partial charge < -0.3 is 15.0 Å². The van der Waals surface area contributed by atoms with Gasteiger partial charge in [0.2, 0.25) is 5.91 Å². The molecule has 0 bridgehead atoms. The minimum absolute atomic E-state index is 0.122. The molecule has 1 aliphatic heterocycles. The van der Waals surface area contributed by atoms with Gasteiger partial charge in [-0.2, -0.15) is 0 Å². The van der Waals surface area contributed by atoms with Crippen LogP contribution >= 0.6 is 0 Å². The van der Waals surface area contributed by atoms with Crippen molar-refractivity contribution in [3.63, 3.8) is 0 Å². The molecule has 0 atom stereocenters. The van der Waals surface area contributed by atoms with Crippen molar-refractivity contribution >= 4 is 17.9 Å². The van der Waals surface area contributed by atoms with Gasteiger partial charge in [0.25, 0.3) is 0 Å². The van der Waals surface area contributed by atoms with Crippen molar-refractivity contribution in [2.45, 2.75) is 6.92 Å². The summed E-state index contributed by atoms with van der Waals surface area (Å²) in [5.41, 5.74) is 0.753. The number of nitrogens with zero attached hydrogens (tertiary/aromatic N) is 4. The topological polar surface area (TPSA) is 69.0 Å². The molecular weight excluding hydrogens is 232 g/mol. The molecule has 1 fully saturated rings. The maximum Gasteiger partial charge on any atom is 0.219 e. The third kappa shape index (κ3) is 2.77. The van der Waals surface area contributed by atoms with E-state index in [1.54, 1.807) is 13.1 Å². The summed E-state index contributed by atoms with van der Waals surface area (Å²) in [5, 5.41) is 11.4. The molecule has 6 nitrogen and oxygen atoms in total. The lowest BCUT2D eigenvalue weighted by molar-refractivity contribution is -0.129. The van der Waals surface area contributed by atoms with Crippen molar-refractivity contribution in [3.05, 3.63) is 23.9 Å². The van der Waals surface area contributed by atoms with Gasteiger partial charge in [-0.1, -0.05) is 5.16 Å². The molecule has 96 valence electrons. The maximum absolute atomic E-state index is 11.2. The zero-order chi connectivity index (χ0) is 13.0. The SMILES string of the molecule is CC(=O)N1CCN(c2ccc(/C=N\O)cn2)CC1. The molecule has 0 spiro atoms. The smallest absolute Gasteiger partial charge is 0.219 e. The fraction of sp³-hybridized carbons (Fsp3) is 0.417. The lowest BCUT2D eigenvalue weighted by atomic mass is 10.2. The predicted octanol–water partition coefficient (Wildman–Crippen LogP) is 0.558. The van der Waals surface area contributed by atoms with E-state index in [1.807, 2.05) is 17.0 Å². The predicted molar refractivity (Wildman–Crippen MR) is 68.1 cm³/mol. The van der Waals surface area contributed by atoms with Crippen molar-refractivity contribution in [2.75, 3.05) is 31.1 Å². The fourth-order valence-electron chi connectivity index (χ4n) is 1.98. The van der Waals surface area contributed by atoms with Gasteiger partial charge in [-0.15, -0.1) is 0 Å². The number of anilines is 1. The molecule has 18 heavy (non-hydrogen) atoms. The average molecular weight is 248 g/mol. The summed E-state index contributed by atoms with van der Waals surface area (Å²) < 4.78 is 0. The summed E-state index contributed by atoms with van der Waals surface area (Å²) in [6.45, 7) is 4.64. The van der Waals surface area contributed by atoms with Crippen molar-refractivity contribution in [3.8, 4) is 0 Å². The van der Waals surface area contributed by atoms with Crippen LogP contribution in [-0.4, -0.2) is 53.4 Å². The van der Waals surface area contributed by atoms with Crippen LogP contribution in [0, 0.1) is 0 Å². The number of aromatic nitrogens is 1. The van der Waals surface area contributed by atoms with Crippen LogP contribution in [0.2, 0.25) is 0 Å². The largest absolute Gasteiger partial charge is 0.411 e. The first-order valence-corrected chi connectivity index (χ1v) is 5.84. The molecule has 0 aromatic carbocycles. The van der Waals surface area contributed by atoms with E-state index in [2.05, 4.69) is 15.0 Å². The van der Waals surface area contributed by atoms with Gasteiger partial charge in [-0.05, 0) is 12.1 Å². The van der Waals surface area contributed by atoms with Crippen LogP contribution in [0.25, 0.3) is 0 Å². The zero-order valence-corrected chi connectivity index (χ0v) is 10.3. The highest BCUT2D eigenvalue weighted by molar-refractivity contribution is 5.78. The molecule has 2 heterocycles. The summed E-state index contributed by atoms with van der Waals surface area (Å²) in [7, 11) is 0. The van der Waals surface area contributed by atoms with Gasteiger partial charge >= 0.3 is 0 Å². The average Bonchev–Trinajstić information content (AvgIpc) is 2.40. The molecule has 0 radical (unpaired) electrons. The molecule has 1 amide bonds. The number of piperazine rings is 1. The quantitative estimate of drug-likeness (QED) is 0.471. The van der Waals surface area contributed by atoms with Crippen molar-refractivity contribution in [1.29, 1.82) is 0 Å².